The molecule has 3 saturated heterocycles. The molecule has 3 aliphatic heterocycles. The maximum absolute atomic E-state index is 12.5. The van der Waals surface area contributed by atoms with Gasteiger partial charge in [0.25, 0.3) is 0 Å². The monoisotopic (exact) mass is 498 g/mol. The van der Waals surface area contributed by atoms with Crippen molar-refractivity contribution in [1.29, 1.82) is 0 Å². The Labute approximate surface area is 210 Å². The molecular formula is C28H34O8. The predicted molar refractivity (Wildman–Crippen MR) is 128 cm³/mol. The maximum atomic E-state index is 12.5. The van der Waals surface area contributed by atoms with Crippen molar-refractivity contribution in [2.24, 2.45) is 0 Å². The van der Waals surface area contributed by atoms with E-state index in [1.165, 1.54) is 12.8 Å². The number of fused-ring (bicyclic) bond motifs is 2. The number of benzene rings is 1. The Morgan fingerprint density at radius 3 is 2.42 bits per heavy atom. The van der Waals surface area contributed by atoms with Crippen molar-refractivity contribution in [2.75, 3.05) is 6.61 Å². The minimum absolute atomic E-state index is 0.128. The van der Waals surface area contributed by atoms with E-state index in [2.05, 4.69) is 0 Å². The summed E-state index contributed by atoms with van der Waals surface area (Å²) in [6.07, 6.45) is 8.39. The molecule has 2 aliphatic carbocycles. The SMILES string of the molecule is O=c1oc(CO[C@@H]2[C@H]3OC4(CCCCC4)O[C@H]3O[C@@H]2[C@H]2COC3(CCCCC3)O2)cc2ccccc12. The van der Waals surface area contributed by atoms with Gasteiger partial charge in [0.05, 0.1) is 12.0 Å². The van der Waals surface area contributed by atoms with Gasteiger partial charge in [-0.25, -0.2) is 4.79 Å². The highest BCUT2D eigenvalue weighted by Crippen LogP contribution is 2.48. The molecule has 5 aliphatic rings. The summed E-state index contributed by atoms with van der Waals surface area (Å²) in [7, 11) is 0. The van der Waals surface area contributed by atoms with Crippen LogP contribution in [0.15, 0.2) is 39.5 Å². The molecule has 1 aromatic carbocycles. The van der Waals surface area contributed by atoms with Crippen LogP contribution in [-0.4, -0.2) is 48.9 Å². The standard InChI is InChI=1S/C28H34O8/c29-25-20-10-4-3-9-18(20)15-19(32-25)16-30-23-22(21-17-31-27(34-21)11-5-1-6-12-27)33-26-24(23)35-28(36-26)13-7-2-8-14-28/h3-4,9-10,15,21-24,26H,1-2,5-8,11-14,16-17H2/t21-,22-,23+,24-,26-/m1/s1. The fraction of sp³-hybridized carbons (Fsp3) is 0.679. The van der Waals surface area contributed by atoms with Crippen LogP contribution in [0.25, 0.3) is 10.8 Å². The molecule has 7 rings (SSSR count). The normalized spacial score (nSPS) is 35.1. The van der Waals surface area contributed by atoms with Crippen LogP contribution in [-0.2, 0) is 35.0 Å². The number of hydrogen-bond acceptors (Lipinski definition) is 8. The summed E-state index contributed by atoms with van der Waals surface area (Å²) in [4.78, 5) is 12.5. The molecule has 8 nitrogen and oxygen atoms in total. The van der Waals surface area contributed by atoms with Gasteiger partial charge < -0.3 is 32.8 Å². The van der Waals surface area contributed by atoms with Crippen LogP contribution in [0.2, 0.25) is 0 Å². The van der Waals surface area contributed by atoms with Crippen LogP contribution in [0.4, 0.5) is 0 Å². The van der Waals surface area contributed by atoms with E-state index < -0.39 is 30.1 Å². The van der Waals surface area contributed by atoms with E-state index in [0.717, 1.165) is 56.8 Å². The number of hydrogen-bond donors (Lipinski definition) is 0. The van der Waals surface area contributed by atoms with Crippen LogP contribution in [0.3, 0.4) is 0 Å². The molecule has 1 aromatic heterocycles. The summed E-state index contributed by atoms with van der Waals surface area (Å²) in [5, 5.41) is 1.39. The molecular weight excluding hydrogens is 464 g/mol. The third-order valence-electron chi connectivity index (χ3n) is 8.50. The van der Waals surface area contributed by atoms with Gasteiger partial charge in [0, 0.05) is 25.7 Å². The molecule has 36 heavy (non-hydrogen) atoms. The molecule has 2 saturated carbocycles. The highest BCUT2D eigenvalue weighted by atomic mass is 16.9. The molecule has 4 heterocycles. The molecule has 5 atom stereocenters. The lowest BCUT2D eigenvalue weighted by Gasteiger charge is -2.35. The van der Waals surface area contributed by atoms with Gasteiger partial charge in [-0.3, -0.25) is 0 Å². The summed E-state index contributed by atoms with van der Waals surface area (Å²) >= 11 is 0. The van der Waals surface area contributed by atoms with Gasteiger partial charge in [-0.05, 0) is 43.2 Å². The van der Waals surface area contributed by atoms with Gasteiger partial charge in [0.15, 0.2) is 17.9 Å². The van der Waals surface area contributed by atoms with Crippen LogP contribution < -0.4 is 5.63 Å². The second-order valence-electron chi connectivity index (χ2n) is 10.9. The third-order valence-corrected chi connectivity index (χ3v) is 8.50. The van der Waals surface area contributed by atoms with Crippen molar-refractivity contribution in [3.05, 3.63) is 46.5 Å². The van der Waals surface area contributed by atoms with Gasteiger partial charge in [-0.15, -0.1) is 0 Å². The van der Waals surface area contributed by atoms with Gasteiger partial charge in [0.1, 0.15) is 36.8 Å². The molecule has 194 valence electrons. The molecule has 0 radical (unpaired) electrons. The van der Waals surface area contributed by atoms with Crippen LogP contribution in [0, 0.1) is 0 Å². The number of rotatable bonds is 4. The highest BCUT2D eigenvalue weighted by molar-refractivity contribution is 5.81. The topological polar surface area (TPSA) is 85.6 Å². The highest BCUT2D eigenvalue weighted by Gasteiger charge is 2.61. The first-order valence-corrected chi connectivity index (χ1v) is 13.6. The van der Waals surface area contributed by atoms with E-state index in [9.17, 15) is 4.79 Å². The first-order chi connectivity index (χ1) is 17.6. The van der Waals surface area contributed by atoms with Crippen LogP contribution in [0.5, 0.6) is 0 Å². The zero-order chi connectivity index (χ0) is 24.2. The molecule has 0 amide bonds. The van der Waals surface area contributed by atoms with Crippen molar-refractivity contribution in [3.8, 4) is 0 Å². The van der Waals surface area contributed by atoms with Crippen LogP contribution >= 0.6 is 0 Å². The third kappa shape index (κ3) is 4.12. The predicted octanol–water partition coefficient (Wildman–Crippen LogP) is 4.55. The Hall–Kier alpha value is -1.81. The van der Waals surface area contributed by atoms with Gasteiger partial charge >= 0.3 is 5.63 Å². The van der Waals surface area contributed by atoms with E-state index >= 15 is 0 Å². The number of ether oxygens (including phenoxy) is 6. The fourth-order valence-corrected chi connectivity index (χ4v) is 6.70. The van der Waals surface area contributed by atoms with Gasteiger partial charge in [0.2, 0.25) is 0 Å². The molecule has 8 heteroatoms. The smallest absolute Gasteiger partial charge is 0.343 e. The summed E-state index contributed by atoms with van der Waals surface area (Å²) in [6.45, 7) is 0.586. The van der Waals surface area contributed by atoms with E-state index in [1.807, 2.05) is 24.3 Å². The summed E-state index contributed by atoms with van der Waals surface area (Å²) < 4.78 is 44.2. The fourth-order valence-electron chi connectivity index (χ4n) is 6.70. The quantitative estimate of drug-likeness (QED) is 0.607. The van der Waals surface area contributed by atoms with E-state index in [4.69, 9.17) is 32.8 Å². The largest absolute Gasteiger partial charge is 0.425 e. The minimum atomic E-state index is -0.590. The molecule has 0 N–H and O–H groups in total. The second kappa shape index (κ2) is 9.19. The van der Waals surface area contributed by atoms with E-state index in [0.29, 0.717) is 17.8 Å². The van der Waals surface area contributed by atoms with Crippen molar-refractivity contribution >= 4 is 10.8 Å². The van der Waals surface area contributed by atoms with E-state index in [-0.39, 0.29) is 24.4 Å². The Bertz CT molecular complexity index is 1150. The Morgan fingerprint density at radius 2 is 1.61 bits per heavy atom. The van der Waals surface area contributed by atoms with Crippen LogP contribution in [0.1, 0.15) is 70.0 Å². The molecule has 2 aromatic rings. The average Bonchev–Trinajstić information content (AvgIpc) is 3.55. The maximum Gasteiger partial charge on any atom is 0.343 e. The lowest BCUT2D eigenvalue weighted by molar-refractivity contribution is -0.263. The summed E-state index contributed by atoms with van der Waals surface area (Å²) in [5.41, 5.74) is -0.364. The van der Waals surface area contributed by atoms with Crippen molar-refractivity contribution in [1.82, 2.24) is 0 Å². The lowest BCUT2D eigenvalue weighted by atomic mass is 9.94. The van der Waals surface area contributed by atoms with E-state index in [1.54, 1.807) is 6.07 Å². The molecule has 5 fully saturated rings. The molecule has 0 unspecified atom stereocenters. The average molecular weight is 499 g/mol. The second-order valence-corrected chi connectivity index (χ2v) is 10.9. The molecule has 0 bridgehead atoms. The van der Waals surface area contributed by atoms with Gasteiger partial charge in [-0.1, -0.05) is 31.0 Å². The summed E-state index contributed by atoms with van der Waals surface area (Å²) in [6, 6.07) is 9.27. The summed E-state index contributed by atoms with van der Waals surface area (Å²) in [5.74, 6) is -0.626. The Kier molecular flexibility index (Phi) is 5.95. The zero-order valence-electron chi connectivity index (χ0n) is 20.5. The van der Waals surface area contributed by atoms with Crippen molar-refractivity contribution < 1.29 is 32.8 Å². The van der Waals surface area contributed by atoms with Crippen molar-refractivity contribution in [3.63, 3.8) is 0 Å². The lowest BCUT2D eigenvalue weighted by Crippen LogP contribution is -2.45. The molecule has 2 spiro atoms. The zero-order valence-corrected chi connectivity index (χ0v) is 20.5. The first-order valence-electron chi connectivity index (χ1n) is 13.6. The van der Waals surface area contributed by atoms with Gasteiger partial charge in [-0.2, -0.15) is 0 Å². The Balaban J connectivity index is 1.13. The first kappa shape index (κ1) is 23.3. The minimum Gasteiger partial charge on any atom is -0.425 e. The Morgan fingerprint density at radius 1 is 0.861 bits per heavy atom. The van der Waals surface area contributed by atoms with Crippen molar-refractivity contribution in [2.45, 2.75) is 113 Å².